The highest BCUT2D eigenvalue weighted by Crippen LogP contribution is 2.12. The molecular formula is C19H18N2O2. The van der Waals surface area contributed by atoms with Crippen LogP contribution in [0.2, 0.25) is 0 Å². The van der Waals surface area contributed by atoms with Crippen LogP contribution in [0.5, 0.6) is 0 Å². The smallest absolute Gasteiger partial charge is 0.337 e. The molecule has 0 atom stereocenters. The molecule has 1 aromatic heterocycles. The van der Waals surface area contributed by atoms with Crippen LogP contribution in [0.3, 0.4) is 0 Å². The highest BCUT2D eigenvalue weighted by molar-refractivity contribution is 5.92. The number of nitrogens with one attached hydrogen (secondary N) is 1. The Labute approximate surface area is 134 Å². The van der Waals surface area contributed by atoms with Crippen LogP contribution in [-0.4, -0.2) is 22.6 Å². The maximum Gasteiger partial charge on any atom is 0.337 e. The zero-order chi connectivity index (χ0) is 16.1. The minimum Gasteiger partial charge on any atom is -0.478 e. The Kier molecular flexibility index (Phi) is 4.64. The Morgan fingerprint density at radius 3 is 2.57 bits per heavy atom. The second-order valence-corrected chi connectivity index (χ2v) is 5.42. The van der Waals surface area contributed by atoms with Crippen molar-refractivity contribution in [1.82, 2.24) is 10.3 Å². The predicted molar refractivity (Wildman–Crippen MR) is 90.6 cm³/mol. The fraction of sp³-hybridized carbons (Fsp3) is 0.158. The summed E-state index contributed by atoms with van der Waals surface area (Å²) in [7, 11) is 0. The van der Waals surface area contributed by atoms with E-state index < -0.39 is 5.97 Å². The molecule has 0 saturated heterocycles. The summed E-state index contributed by atoms with van der Waals surface area (Å²) in [5, 5.41) is 12.9. The van der Waals surface area contributed by atoms with Gasteiger partial charge in [-0.3, -0.25) is 4.98 Å². The summed E-state index contributed by atoms with van der Waals surface area (Å²) in [6.07, 6.45) is 2.56. The number of fused-ring (bicyclic) bond motifs is 2. The molecule has 116 valence electrons. The lowest BCUT2D eigenvalue weighted by atomic mass is 10.0. The average molecular weight is 306 g/mol. The number of carboxylic acids is 1. The lowest BCUT2D eigenvalue weighted by Gasteiger charge is -2.15. The number of carbonyl (C=O) groups is 1. The summed E-state index contributed by atoms with van der Waals surface area (Å²) in [5.41, 5.74) is 4.02. The van der Waals surface area contributed by atoms with Gasteiger partial charge in [-0.15, -0.1) is 0 Å². The number of benzene rings is 2. The summed E-state index contributed by atoms with van der Waals surface area (Å²) in [6, 6.07) is 17.7. The van der Waals surface area contributed by atoms with Gasteiger partial charge in [-0.2, -0.15) is 0 Å². The number of carboxylic acid groups (broad SMARTS) is 1. The van der Waals surface area contributed by atoms with Crippen LogP contribution in [0.15, 0.2) is 60.8 Å². The first kappa shape index (κ1) is 15.2. The molecule has 4 heteroatoms. The van der Waals surface area contributed by atoms with Crippen LogP contribution in [0, 0.1) is 0 Å². The quantitative estimate of drug-likeness (QED) is 0.724. The Morgan fingerprint density at radius 1 is 1.04 bits per heavy atom. The molecule has 0 unspecified atom stereocenters. The molecule has 2 aromatic carbocycles. The summed E-state index contributed by atoms with van der Waals surface area (Å²) in [6.45, 7) is 2.19. The van der Waals surface area contributed by atoms with Gasteiger partial charge >= 0.3 is 5.97 Å². The van der Waals surface area contributed by atoms with Crippen LogP contribution in [0.4, 0.5) is 0 Å². The first-order chi connectivity index (χ1) is 11.2. The number of para-hydroxylation sites is 1. The number of hydrogen-bond acceptors (Lipinski definition) is 3. The molecule has 23 heavy (non-hydrogen) atoms. The van der Waals surface area contributed by atoms with Crippen LogP contribution >= 0.6 is 0 Å². The third-order valence-corrected chi connectivity index (χ3v) is 3.84. The van der Waals surface area contributed by atoms with E-state index in [9.17, 15) is 4.79 Å². The van der Waals surface area contributed by atoms with Gasteiger partial charge in [0, 0.05) is 18.1 Å². The second-order valence-electron chi connectivity index (χ2n) is 5.42. The van der Waals surface area contributed by atoms with Gasteiger partial charge in [0.2, 0.25) is 0 Å². The van der Waals surface area contributed by atoms with E-state index in [2.05, 4.69) is 34.6 Å². The molecule has 2 heterocycles. The first-order valence-corrected chi connectivity index (χ1v) is 7.59. The van der Waals surface area contributed by atoms with E-state index in [1.807, 2.05) is 24.3 Å². The van der Waals surface area contributed by atoms with Crippen molar-refractivity contribution in [3.05, 3.63) is 77.5 Å². The second kappa shape index (κ2) is 7.03. The van der Waals surface area contributed by atoms with Crippen molar-refractivity contribution in [3.63, 3.8) is 0 Å². The van der Waals surface area contributed by atoms with E-state index in [4.69, 9.17) is 5.11 Å². The lowest BCUT2D eigenvalue weighted by Crippen LogP contribution is -2.23. The molecule has 0 amide bonds. The van der Waals surface area contributed by atoms with Crippen molar-refractivity contribution in [3.8, 4) is 0 Å². The number of nitrogens with zero attached hydrogens (tertiary/aromatic N) is 1. The molecule has 4 nitrogen and oxygen atoms in total. The van der Waals surface area contributed by atoms with E-state index >= 15 is 0 Å². The van der Waals surface area contributed by atoms with Crippen molar-refractivity contribution < 1.29 is 9.90 Å². The molecule has 0 fully saturated rings. The van der Waals surface area contributed by atoms with Crippen molar-refractivity contribution >= 4 is 16.9 Å². The summed E-state index contributed by atoms with van der Waals surface area (Å²) in [5.74, 6) is -0.946. The van der Waals surface area contributed by atoms with E-state index in [0.717, 1.165) is 24.0 Å². The van der Waals surface area contributed by atoms with E-state index in [0.29, 0.717) is 0 Å². The maximum atomic E-state index is 10.6. The Bertz CT molecular complexity index is 805. The molecule has 0 saturated carbocycles. The maximum absolute atomic E-state index is 10.6. The van der Waals surface area contributed by atoms with Gasteiger partial charge < -0.3 is 10.4 Å². The first-order valence-electron chi connectivity index (χ1n) is 7.59. The molecule has 1 aliphatic rings. The van der Waals surface area contributed by atoms with Crippen LogP contribution < -0.4 is 5.32 Å². The molecule has 0 spiro atoms. The summed E-state index contributed by atoms with van der Waals surface area (Å²) >= 11 is 0. The van der Waals surface area contributed by atoms with Crippen molar-refractivity contribution in [2.24, 2.45) is 0 Å². The van der Waals surface area contributed by atoms with E-state index in [-0.39, 0.29) is 5.56 Å². The average Bonchev–Trinajstić information content (AvgIpc) is 2.62. The zero-order valence-electron chi connectivity index (χ0n) is 12.7. The Balaban J connectivity index is 0.000000140. The SMILES string of the molecule is O=C(O)c1cnc2ccccc2c1.c1ccc2c(c1)CCNC2. The van der Waals surface area contributed by atoms with Gasteiger partial charge in [0.25, 0.3) is 0 Å². The van der Waals surface area contributed by atoms with Crippen LogP contribution in [0.25, 0.3) is 10.9 Å². The molecular weight excluding hydrogens is 288 g/mol. The van der Waals surface area contributed by atoms with Gasteiger partial charge in [-0.05, 0) is 36.2 Å². The fourth-order valence-corrected chi connectivity index (χ4v) is 2.61. The third kappa shape index (κ3) is 3.73. The number of rotatable bonds is 1. The molecule has 1 aliphatic heterocycles. The van der Waals surface area contributed by atoms with Crippen molar-refractivity contribution in [2.45, 2.75) is 13.0 Å². The summed E-state index contributed by atoms with van der Waals surface area (Å²) < 4.78 is 0. The molecule has 0 aliphatic carbocycles. The van der Waals surface area contributed by atoms with E-state index in [1.165, 1.54) is 23.7 Å². The van der Waals surface area contributed by atoms with Crippen LogP contribution in [-0.2, 0) is 13.0 Å². The molecule has 2 N–H and O–H groups in total. The normalized spacial score (nSPS) is 12.9. The Hall–Kier alpha value is -2.72. The van der Waals surface area contributed by atoms with Gasteiger partial charge in [-0.1, -0.05) is 42.5 Å². The third-order valence-electron chi connectivity index (χ3n) is 3.84. The molecule has 3 aromatic rings. The van der Waals surface area contributed by atoms with Gasteiger partial charge in [-0.25, -0.2) is 4.79 Å². The largest absolute Gasteiger partial charge is 0.478 e. The standard InChI is InChI=1S/C10H7NO2.C9H11N/c12-10(13)8-5-7-3-1-2-4-9(7)11-6-8;1-2-4-9-7-10-6-5-8(9)3-1/h1-6H,(H,12,13);1-4,10H,5-7H2. The van der Waals surface area contributed by atoms with Gasteiger partial charge in [0.15, 0.2) is 0 Å². The topological polar surface area (TPSA) is 62.2 Å². The zero-order valence-corrected chi connectivity index (χ0v) is 12.7. The highest BCUT2D eigenvalue weighted by atomic mass is 16.4. The lowest BCUT2D eigenvalue weighted by molar-refractivity contribution is 0.0696. The number of hydrogen-bond donors (Lipinski definition) is 2. The highest BCUT2D eigenvalue weighted by Gasteiger charge is 2.05. The van der Waals surface area contributed by atoms with Gasteiger partial charge in [0.1, 0.15) is 0 Å². The minimum atomic E-state index is -0.946. The molecule has 4 rings (SSSR count). The number of pyridine rings is 1. The van der Waals surface area contributed by atoms with Crippen molar-refractivity contribution in [1.29, 1.82) is 0 Å². The molecule has 0 bridgehead atoms. The predicted octanol–water partition coefficient (Wildman–Crippen LogP) is 3.27. The monoisotopic (exact) mass is 306 g/mol. The number of aromatic nitrogens is 1. The van der Waals surface area contributed by atoms with Crippen molar-refractivity contribution in [2.75, 3.05) is 6.54 Å². The number of aromatic carboxylic acids is 1. The van der Waals surface area contributed by atoms with E-state index in [1.54, 1.807) is 6.07 Å². The summed E-state index contributed by atoms with van der Waals surface area (Å²) in [4.78, 5) is 14.6. The van der Waals surface area contributed by atoms with Crippen LogP contribution in [0.1, 0.15) is 21.5 Å². The minimum absolute atomic E-state index is 0.221. The fourth-order valence-electron chi connectivity index (χ4n) is 2.61. The Morgan fingerprint density at radius 2 is 1.78 bits per heavy atom. The van der Waals surface area contributed by atoms with Gasteiger partial charge in [0.05, 0.1) is 11.1 Å². The molecule has 0 radical (unpaired) electrons.